The topological polar surface area (TPSA) is 49.5 Å². The van der Waals surface area contributed by atoms with E-state index in [1.165, 1.54) is 12.0 Å². The van der Waals surface area contributed by atoms with Crippen molar-refractivity contribution < 1.29 is 5.11 Å². The molecule has 0 spiro atoms. The van der Waals surface area contributed by atoms with Crippen LogP contribution in [0.25, 0.3) is 0 Å². The van der Waals surface area contributed by atoms with Gasteiger partial charge in [-0.3, -0.25) is 0 Å². The molecular formula is C16H26N2O. The SMILES string of the molecule is CCCN(CCCN)[C@@H]1CCc2c(O)cccc2C1. The lowest BCUT2D eigenvalue weighted by molar-refractivity contribution is 0.178. The van der Waals surface area contributed by atoms with Crippen LogP contribution in [0, 0.1) is 0 Å². The predicted octanol–water partition coefficient (Wildman–Crippen LogP) is 2.31. The maximum absolute atomic E-state index is 9.90. The maximum Gasteiger partial charge on any atom is 0.119 e. The molecule has 0 radical (unpaired) electrons. The fourth-order valence-electron chi connectivity index (χ4n) is 3.14. The predicted molar refractivity (Wildman–Crippen MR) is 79.5 cm³/mol. The number of hydrogen-bond donors (Lipinski definition) is 2. The maximum atomic E-state index is 9.90. The first kappa shape index (κ1) is 14.4. The number of rotatable bonds is 6. The molecule has 1 aliphatic carbocycles. The molecule has 0 heterocycles. The van der Waals surface area contributed by atoms with Crippen LogP contribution in [0.4, 0.5) is 0 Å². The smallest absolute Gasteiger partial charge is 0.119 e. The minimum atomic E-state index is 0.472. The lowest BCUT2D eigenvalue weighted by Gasteiger charge is -2.35. The molecule has 1 atom stereocenters. The number of nitrogens with zero attached hydrogens (tertiary/aromatic N) is 1. The van der Waals surface area contributed by atoms with Crippen molar-refractivity contribution in [2.45, 2.75) is 45.1 Å². The van der Waals surface area contributed by atoms with Gasteiger partial charge in [0, 0.05) is 6.04 Å². The molecule has 0 aromatic heterocycles. The van der Waals surface area contributed by atoms with Crippen molar-refractivity contribution in [2.75, 3.05) is 19.6 Å². The van der Waals surface area contributed by atoms with Crippen molar-refractivity contribution in [2.24, 2.45) is 5.73 Å². The third kappa shape index (κ3) is 3.48. The molecule has 0 bridgehead atoms. The second kappa shape index (κ2) is 6.92. The first-order valence-corrected chi connectivity index (χ1v) is 7.50. The van der Waals surface area contributed by atoms with E-state index in [2.05, 4.69) is 17.9 Å². The Hall–Kier alpha value is -1.06. The summed E-state index contributed by atoms with van der Waals surface area (Å²) < 4.78 is 0. The number of nitrogens with two attached hydrogens (primary N) is 1. The zero-order valence-electron chi connectivity index (χ0n) is 11.9. The molecule has 3 nitrogen and oxygen atoms in total. The van der Waals surface area contributed by atoms with Gasteiger partial charge < -0.3 is 15.7 Å². The van der Waals surface area contributed by atoms with E-state index in [0.717, 1.165) is 50.9 Å². The Morgan fingerprint density at radius 1 is 1.37 bits per heavy atom. The lowest BCUT2D eigenvalue weighted by atomic mass is 9.86. The summed E-state index contributed by atoms with van der Waals surface area (Å²) >= 11 is 0. The van der Waals surface area contributed by atoms with Crippen LogP contribution >= 0.6 is 0 Å². The molecule has 106 valence electrons. The van der Waals surface area contributed by atoms with Gasteiger partial charge in [0.2, 0.25) is 0 Å². The van der Waals surface area contributed by atoms with E-state index in [0.29, 0.717) is 11.8 Å². The van der Waals surface area contributed by atoms with Crippen molar-refractivity contribution in [1.82, 2.24) is 4.90 Å². The van der Waals surface area contributed by atoms with E-state index in [9.17, 15) is 5.11 Å². The summed E-state index contributed by atoms with van der Waals surface area (Å²) in [6, 6.07) is 6.53. The molecule has 1 aromatic rings. The summed E-state index contributed by atoms with van der Waals surface area (Å²) in [5.74, 6) is 0.472. The number of phenolic OH excluding ortho intramolecular Hbond substituents is 1. The molecule has 0 aliphatic heterocycles. The highest BCUT2D eigenvalue weighted by Gasteiger charge is 2.24. The molecule has 1 aliphatic rings. The van der Waals surface area contributed by atoms with E-state index in [1.54, 1.807) is 6.07 Å². The van der Waals surface area contributed by atoms with Gasteiger partial charge in [-0.2, -0.15) is 0 Å². The summed E-state index contributed by atoms with van der Waals surface area (Å²) in [5.41, 5.74) is 8.12. The molecule has 0 saturated carbocycles. The summed E-state index contributed by atoms with van der Waals surface area (Å²) in [6.45, 7) is 5.25. The molecule has 0 saturated heterocycles. The van der Waals surface area contributed by atoms with Gasteiger partial charge in [0.1, 0.15) is 5.75 Å². The number of aromatic hydroxyl groups is 1. The normalized spacial score (nSPS) is 18.6. The first-order chi connectivity index (χ1) is 9.26. The van der Waals surface area contributed by atoms with Crippen LogP contribution in [0.15, 0.2) is 18.2 Å². The van der Waals surface area contributed by atoms with E-state index in [1.807, 2.05) is 6.07 Å². The van der Waals surface area contributed by atoms with Gasteiger partial charge in [0.15, 0.2) is 0 Å². The molecule has 19 heavy (non-hydrogen) atoms. The Labute approximate surface area is 116 Å². The van der Waals surface area contributed by atoms with E-state index in [4.69, 9.17) is 5.73 Å². The van der Waals surface area contributed by atoms with E-state index < -0.39 is 0 Å². The standard InChI is InChI=1S/C16H26N2O/c1-2-10-18(11-4-9-17)14-7-8-15-13(12-14)5-3-6-16(15)19/h3,5-6,14,19H,2,4,7-12,17H2,1H3/t14-/m1/s1. The van der Waals surface area contributed by atoms with E-state index >= 15 is 0 Å². The van der Waals surface area contributed by atoms with Crippen LogP contribution in [0.2, 0.25) is 0 Å². The minimum absolute atomic E-state index is 0.472. The van der Waals surface area contributed by atoms with Crippen LogP contribution in [0.3, 0.4) is 0 Å². The van der Waals surface area contributed by atoms with Crippen molar-refractivity contribution >= 4 is 0 Å². The highest BCUT2D eigenvalue weighted by atomic mass is 16.3. The minimum Gasteiger partial charge on any atom is -0.508 e. The monoisotopic (exact) mass is 262 g/mol. The molecule has 3 N–H and O–H groups in total. The third-order valence-electron chi connectivity index (χ3n) is 4.11. The van der Waals surface area contributed by atoms with E-state index in [-0.39, 0.29) is 0 Å². The third-order valence-corrected chi connectivity index (χ3v) is 4.11. The van der Waals surface area contributed by atoms with Crippen LogP contribution in [-0.2, 0) is 12.8 Å². The van der Waals surface area contributed by atoms with Crippen molar-refractivity contribution in [3.05, 3.63) is 29.3 Å². The average molecular weight is 262 g/mol. The highest BCUT2D eigenvalue weighted by Crippen LogP contribution is 2.30. The van der Waals surface area contributed by atoms with Gasteiger partial charge in [-0.15, -0.1) is 0 Å². The van der Waals surface area contributed by atoms with Gasteiger partial charge in [-0.1, -0.05) is 19.1 Å². The van der Waals surface area contributed by atoms with Gasteiger partial charge in [0.25, 0.3) is 0 Å². The first-order valence-electron chi connectivity index (χ1n) is 7.50. The second-order valence-electron chi connectivity index (χ2n) is 5.49. The fraction of sp³-hybridized carbons (Fsp3) is 0.625. The molecule has 3 heteroatoms. The van der Waals surface area contributed by atoms with Crippen molar-refractivity contribution in [1.29, 1.82) is 0 Å². The highest BCUT2D eigenvalue weighted by molar-refractivity contribution is 5.41. The zero-order chi connectivity index (χ0) is 13.7. The zero-order valence-corrected chi connectivity index (χ0v) is 11.9. The molecular weight excluding hydrogens is 236 g/mol. The Bertz CT molecular complexity index is 406. The van der Waals surface area contributed by atoms with Crippen LogP contribution in [0.5, 0.6) is 5.75 Å². The number of phenols is 1. The van der Waals surface area contributed by atoms with Gasteiger partial charge in [-0.05, 0) is 68.9 Å². The number of benzene rings is 1. The fourth-order valence-corrected chi connectivity index (χ4v) is 3.14. The summed E-state index contributed by atoms with van der Waals surface area (Å²) in [4.78, 5) is 2.58. The molecule has 0 fully saturated rings. The van der Waals surface area contributed by atoms with Crippen LogP contribution in [-0.4, -0.2) is 35.7 Å². The van der Waals surface area contributed by atoms with Crippen molar-refractivity contribution in [3.8, 4) is 5.75 Å². The second-order valence-corrected chi connectivity index (χ2v) is 5.49. The average Bonchev–Trinajstić information content (AvgIpc) is 2.43. The Kier molecular flexibility index (Phi) is 5.23. The van der Waals surface area contributed by atoms with Crippen LogP contribution < -0.4 is 5.73 Å². The summed E-state index contributed by atoms with van der Waals surface area (Å²) in [7, 11) is 0. The molecule has 0 amide bonds. The summed E-state index contributed by atoms with van der Waals surface area (Å²) in [6.07, 6.45) is 5.47. The molecule has 1 aromatic carbocycles. The number of hydrogen-bond acceptors (Lipinski definition) is 3. The van der Waals surface area contributed by atoms with Gasteiger partial charge in [-0.25, -0.2) is 0 Å². The molecule has 2 rings (SSSR count). The van der Waals surface area contributed by atoms with Gasteiger partial charge in [0.05, 0.1) is 0 Å². The lowest BCUT2D eigenvalue weighted by Crippen LogP contribution is -2.41. The summed E-state index contributed by atoms with van der Waals surface area (Å²) in [5, 5.41) is 9.90. The van der Waals surface area contributed by atoms with Crippen molar-refractivity contribution in [3.63, 3.8) is 0 Å². The quantitative estimate of drug-likeness (QED) is 0.827. The largest absolute Gasteiger partial charge is 0.508 e. The number of fused-ring (bicyclic) bond motifs is 1. The molecule has 0 unspecified atom stereocenters. The van der Waals surface area contributed by atoms with Crippen LogP contribution in [0.1, 0.15) is 37.3 Å². The Balaban J connectivity index is 2.06. The Morgan fingerprint density at radius 3 is 2.95 bits per heavy atom. The van der Waals surface area contributed by atoms with Gasteiger partial charge >= 0.3 is 0 Å². The Morgan fingerprint density at radius 2 is 2.21 bits per heavy atom.